The van der Waals surface area contributed by atoms with E-state index in [0.717, 1.165) is 25.1 Å². The lowest BCUT2D eigenvalue weighted by Gasteiger charge is -2.18. The smallest absolute Gasteiger partial charge is 0.410 e. The predicted octanol–water partition coefficient (Wildman–Crippen LogP) is 1.33. The SMILES string of the molecule is O=C(OC1CCOC1)N1CCC(n2cc(C3CC3)nn2)C1. The number of amides is 1. The lowest BCUT2D eigenvalue weighted by atomic mass is 10.2. The van der Waals surface area contributed by atoms with E-state index >= 15 is 0 Å². The van der Waals surface area contributed by atoms with Crippen molar-refractivity contribution in [2.24, 2.45) is 0 Å². The Hall–Kier alpha value is -1.63. The van der Waals surface area contributed by atoms with Gasteiger partial charge in [-0.25, -0.2) is 9.48 Å². The lowest BCUT2D eigenvalue weighted by molar-refractivity contribution is 0.0589. The van der Waals surface area contributed by atoms with E-state index in [1.54, 1.807) is 4.90 Å². The Kier molecular flexibility index (Phi) is 3.29. The molecule has 1 aliphatic carbocycles. The summed E-state index contributed by atoms with van der Waals surface area (Å²) in [5.41, 5.74) is 1.10. The molecule has 3 fully saturated rings. The van der Waals surface area contributed by atoms with Gasteiger partial charge in [0.1, 0.15) is 6.10 Å². The molecule has 7 heteroatoms. The Morgan fingerprint density at radius 1 is 1.33 bits per heavy atom. The van der Waals surface area contributed by atoms with Crippen LogP contribution < -0.4 is 0 Å². The van der Waals surface area contributed by atoms with Crippen LogP contribution in [0, 0.1) is 0 Å². The molecule has 1 amide bonds. The quantitative estimate of drug-likeness (QED) is 0.840. The van der Waals surface area contributed by atoms with Crippen molar-refractivity contribution in [3.63, 3.8) is 0 Å². The minimum atomic E-state index is -0.226. The first-order valence-corrected chi connectivity index (χ1v) is 7.74. The van der Waals surface area contributed by atoms with Crippen molar-refractivity contribution >= 4 is 6.09 Å². The van der Waals surface area contributed by atoms with Gasteiger partial charge in [-0.2, -0.15) is 0 Å². The molecule has 3 heterocycles. The van der Waals surface area contributed by atoms with E-state index in [1.807, 2.05) is 10.9 Å². The second-order valence-corrected chi connectivity index (χ2v) is 6.16. The third-order valence-electron chi connectivity index (χ3n) is 4.47. The van der Waals surface area contributed by atoms with Crippen LogP contribution in [-0.4, -0.2) is 58.4 Å². The molecule has 1 saturated carbocycles. The number of carbonyl (C=O) groups is 1. The van der Waals surface area contributed by atoms with E-state index < -0.39 is 0 Å². The zero-order valence-electron chi connectivity index (χ0n) is 12.0. The fourth-order valence-corrected chi connectivity index (χ4v) is 2.98. The molecule has 1 aromatic heterocycles. The zero-order chi connectivity index (χ0) is 14.2. The van der Waals surface area contributed by atoms with Gasteiger partial charge in [0.15, 0.2) is 0 Å². The minimum absolute atomic E-state index is 0.0793. The van der Waals surface area contributed by atoms with Gasteiger partial charge in [-0.3, -0.25) is 0 Å². The molecule has 1 aromatic rings. The van der Waals surface area contributed by atoms with Gasteiger partial charge >= 0.3 is 6.09 Å². The molecule has 0 spiro atoms. The standard InChI is InChI=1S/C14H20N4O3/c19-14(21-12-4-6-20-9-12)17-5-3-11(7-17)18-8-13(15-16-18)10-1-2-10/h8,10-12H,1-7,9H2. The van der Waals surface area contributed by atoms with E-state index in [4.69, 9.17) is 9.47 Å². The van der Waals surface area contributed by atoms with Crippen molar-refractivity contribution in [1.29, 1.82) is 0 Å². The normalized spacial score (nSPS) is 29.0. The van der Waals surface area contributed by atoms with Crippen LogP contribution in [0.2, 0.25) is 0 Å². The van der Waals surface area contributed by atoms with Crippen molar-refractivity contribution in [3.8, 4) is 0 Å². The molecule has 3 aliphatic rings. The highest BCUT2D eigenvalue weighted by Gasteiger charge is 2.33. The van der Waals surface area contributed by atoms with Crippen LogP contribution in [0.1, 0.15) is 43.3 Å². The summed E-state index contributed by atoms with van der Waals surface area (Å²) in [6.07, 6.45) is 5.90. The summed E-state index contributed by atoms with van der Waals surface area (Å²) in [5.74, 6) is 0.614. The van der Waals surface area contributed by atoms with Crippen LogP contribution in [0.5, 0.6) is 0 Å². The molecule has 0 bridgehead atoms. The number of hydrogen-bond donors (Lipinski definition) is 0. The third-order valence-corrected chi connectivity index (χ3v) is 4.47. The highest BCUT2D eigenvalue weighted by molar-refractivity contribution is 5.68. The predicted molar refractivity (Wildman–Crippen MR) is 72.9 cm³/mol. The lowest BCUT2D eigenvalue weighted by Crippen LogP contribution is -2.33. The van der Waals surface area contributed by atoms with E-state index in [9.17, 15) is 4.79 Å². The monoisotopic (exact) mass is 292 g/mol. The largest absolute Gasteiger partial charge is 0.444 e. The Morgan fingerprint density at radius 2 is 2.24 bits per heavy atom. The molecular formula is C14H20N4O3. The zero-order valence-corrected chi connectivity index (χ0v) is 12.0. The molecule has 0 aromatic carbocycles. The van der Waals surface area contributed by atoms with Gasteiger partial charge in [-0.1, -0.05) is 5.21 Å². The molecule has 2 saturated heterocycles. The van der Waals surface area contributed by atoms with Gasteiger partial charge in [-0.05, 0) is 19.3 Å². The van der Waals surface area contributed by atoms with Crippen LogP contribution in [-0.2, 0) is 9.47 Å². The van der Waals surface area contributed by atoms with E-state index in [1.165, 1.54) is 12.8 Å². The molecule has 7 nitrogen and oxygen atoms in total. The summed E-state index contributed by atoms with van der Waals surface area (Å²) in [6, 6.07) is 0.220. The number of ether oxygens (including phenoxy) is 2. The van der Waals surface area contributed by atoms with Gasteiger partial charge in [0.05, 0.1) is 24.9 Å². The van der Waals surface area contributed by atoms with Crippen molar-refractivity contribution in [2.75, 3.05) is 26.3 Å². The summed E-state index contributed by atoms with van der Waals surface area (Å²) < 4.78 is 12.6. The topological polar surface area (TPSA) is 69.5 Å². The average Bonchev–Trinajstić information content (AvgIpc) is 2.94. The second-order valence-electron chi connectivity index (χ2n) is 6.16. The van der Waals surface area contributed by atoms with Crippen LogP contribution in [0.25, 0.3) is 0 Å². The maximum Gasteiger partial charge on any atom is 0.410 e. The Bertz CT molecular complexity index is 522. The van der Waals surface area contributed by atoms with Gasteiger partial charge < -0.3 is 14.4 Å². The molecule has 0 N–H and O–H groups in total. The number of hydrogen-bond acceptors (Lipinski definition) is 5. The van der Waals surface area contributed by atoms with Crippen molar-refractivity contribution < 1.29 is 14.3 Å². The fraction of sp³-hybridized carbons (Fsp3) is 0.786. The van der Waals surface area contributed by atoms with Gasteiger partial charge in [0, 0.05) is 31.6 Å². The Morgan fingerprint density at radius 3 is 3.00 bits per heavy atom. The van der Waals surface area contributed by atoms with E-state index in [2.05, 4.69) is 10.3 Å². The molecule has 0 radical (unpaired) electrons. The number of aromatic nitrogens is 3. The van der Waals surface area contributed by atoms with Crippen LogP contribution in [0.3, 0.4) is 0 Å². The van der Waals surface area contributed by atoms with Gasteiger partial charge in [0.2, 0.25) is 0 Å². The molecule has 4 rings (SSSR count). The fourth-order valence-electron chi connectivity index (χ4n) is 2.98. The van der Waals surface area contributed by atoms with E-state index in [0.29, 0.717) is 25.7 Å². The summed E-state index contributed by atoms with van der Waals surface area (Å²) >= 11 is 0. The Labute approximate surface area is 123 Å². The van der Waals surface area contributed by atoms with E-state index in [-0.39, 0.29) is 18.2 Å². The summed E-state index contributed by atoms with van der Waals surface area (Å²) in [6.45, 7) is 2.58. The first kappa shape index (κ1) is 13.1. The number of carbonyl (C=O) groups excluding carboxylic acids is 1. The van der Waals surface area contributed by atoms with Crippen molar-refractivity contribution in [2.45, 2.75) is 43.7 Å². The summed E-state index contributed by atoms with van der Waals surface area (Å²) in [7, 11) is 0. The van der Waals surface area contributed by atoms with Crippen LogP contribution in [0.4, 0.5) is 4.79 Å². The van der Waals surface area contributed by atoms with Crippen molar-refractivity contribution in [1.82, 2.24) is 19.9 Å². The number of likely N-dealkylation sites (tertiary alicyclic amines) is 1. The molecular weight excluding hydrogens is 272 g/mol. The number of rotatable bonds is 3. The summed E-state index contributed by atoms with van der Waals surface area (Å²) in [4.78, 5) is 13.9. The minimum Gasteiger partial charge on any atom is -0.444 e. The molecule has 114 valence electrons. The van der Waals surface area contributed by atoms with Gasteiger partial charge in [0.25, 0.3) is 0 Å². The number of nitrogens with zero attached hydrogens (tertiary/aromatic N) is 4. The highest BCUT2D eigenvalue weighted by Crippen LogP contribution is 2.39. The molecule has 2 unspecified atom stereocenters. The van der Waals surface area contributed by atoms with Crippen molar-refractivity contribution in [3.05, 3.63) is 11.9 Å². The first-order valence-electron chi connectivity index (χ1n) is 7.74. The summed E-state index contributed by atoms with van der Waals surface area (Å²) in [5, 5.41) is 8.46. The molecule has 21 heavy (non-hydrogen) atoms. The highest BCUT2D eigenvalue weighted by atomic mass is 16.6. The van der Waals surface area contributed by atoms with Crippen LogP contribution in [0.15, 0.2) is 6.20 Å². The molecule has 2 aliphatic heterocycles. The first-order chi connectivity index (χ1) is 10.3. The Balaban J connectivity index is 1.33. The van der Waals surface area contributed by atoms with Crippen LogP contribution >= 0.6 is 0 Å². The van der Waals surface area contributed by atoms with Gasteiger partial charge in [-0.15, -0.1) is 5.10 Å². The molecule has 2 atom stereocenters. The maximum absolute atomic E-state index is 12.1. The average molecular weight is 292 g/mol. The maximum atomic E-state index is 12.1. The second kappa shape index (κ2) is 5.29. The third kappa shape index (κ3) is 2.74.